The summed E-state index contributed by atoms with van der Waals surface area (Å²) in [5.41, 5.74) is 1.91. The van der Waals surface area contributed by atoms with Gasteiger partial charge in [0.25, 0.3) is 0 Å². The van der Waals surface area contributed by atoms with Crippen LogP contribution in [0, 0.1) is 5.41 Å². The Balaban J connectivity index is 2.45. The summed E-state index contributed by atoms with van der Waals surface area (Å²) in [5.74, 6) is 0.971. The summed E-state index contributed by atoms with van der Waals surface area (Å²) in [6.45, 7) is 10.1. The lowest BCUT2D eigenvalue weighted by molar-refractivity contribution is 0.415. The first kappa shape index (κ1) is 13.7. The Morgan fingerprint density at radius 2 is 2.06 bits per heavy atom. The number of rotatable bonds is 1. The molecule has 0 N–H and O–H groups in total. The van der Waals surface area contributed by atoms with Crippen molar-refractivity contribution in [2.45, 2.75) is 52.2 Å². The van der Waals surface area contributed by atoms with Crippen molar-refractivity contribution in [2.75, 3.05) is 0 Å². The van der Waals surface area contributed by atoms with Crippen molar-refractivity contribution in [3.8, 4) is 0 Å². The molecule has 1 aromatic rings. The van der Waals surface area contributed by atoms with Crippen LogP contribution in [0.15, 0.2) is 21.1 Å². The number of nitrogens with zero attached hydrogens (tertiary/aromatic N) is 1. The SMILES string of the molecule is CC1(C)CCc2occc2/C1=N\[S@@+]([O-])C(C)(C)C. The highest BCUT2D eigenvalue weighted by atomic mass is 32.2. The molecule has 4 heteroatoms. The molecule has 0 unspecified atom stereocenters. The number of aryl methyl sites for hydroxylation is 1. The molecule has 1 aromatic heterocycles. The van der Waals surface area contributed by atoms with Gasteiger partial charge in [0.15, 0.2) is 0 Å². The largest absolute Gasteiger partial charge is 0.591 e. The lowest BCUT2D eigenvalue weighted by atomic mass is 9.75. The Morgan fingerprint density at radius 3 is 2.67 bits per heavy atom. The van der Waals surface area contributed by atoms with Gasteiger partial charge >= 0.3 is 0 Å². The van der Waals surface area contributed by atoms with Gasteiger partial charge in [0, 0.05) is 17.4 Å². The molecule has 0 amide bonds. The monoisotopic (exact) mass is 267 g/mol. The summed E-state index contributed by atoms with van der Waals surface area (Å²) >= 11 is -1.23. The quantitative estimate of drug-likeness (QED) is 0.731. The number of hydrogen-bond acceptors (Lipinski definition) is 3. The number of furan rings is 1. The molecule has 0 aliphatic heterocycles. The molecule has 0 fully saturated rings. The normalized spacial score (nSPS) is 22.9. The summed E-state index contributed by atoms with van der Waals surface area (Å²) in [5, 5.41) is 0. The van der Waals surface area contributed by atoms with Crippen molar-refractivity contribution in [3.63, 3.8) is 0 Å². The van der Waals surface area contributed by atoms with Crippen LogP contribution in [-0.2, 0) is 17.8 Å². The highest BCUT2D eigenvalue weighted by molar-refractivity contribution is 7.91. The first-order valence-corrected chi connectivity index (χ1v) is 7.40. The van der Waals surface area contributed by atoms with E-state index in [1.54, 1.807) is 6.26 Å². The van der Waals surface area contributed by atoms with E-state index in [0.29, 0.717) is 0 Å². The molecule has 3 nitrogen and oxygen atoms in total. The van der Waals surface area contributed by atoms with Crippen molar-refractivity contribution in [2.24, 2.45) is 9.81 Å². The van der Waals surface area contributed by atoms with Gasteiger partial charge in [0.05, 0.1) is 6.26 Å². The minimum Gasteiger partial charge on any atom is -0.591 e. The van der Waals surface area contributed by atoms with Gasteiger partial charge in [-0.25, -0.2) is 0 Å². The third-order valence-corrected chi connectivity index (χ3v) is 4.71. The Kier molecular flexibility index (Phi) is 3.36. The highest BCUT2D eigenvalue weighted by Crippen LogP contribution is 2.37. The molecule has 0 bridgehead atoms. The van der Waals surface area contributed by atoms with Gasteiger partial charge in [-0.15, -0.1) is 0 Å². The first-order chi connectivity index (χ1) is 8.22. The zero-order valence-electron chi connectivity index (χ0n) is 11.7. The van der Waals surface area contributed by atoms with Crippen LogP contribution < -0.4 is 0 Å². The van der Waals surface area contributed by atoms with Gasteiger partial charge < -0.3 is 8.97 Å². The second-order valence-electron chi connectivity index (χ2n) is 6.44. The fourth-order valence-corrected chi connectivity index (χ4v) is 2.83. The van der Waals surface area contributed by atoms with E-state index in [1.165, 1.54) is 0 Å². The molecule has 0 radical (unpaired) electrons. The van der Waals surface area contributed by atoms with E-state index in [2.05, 4.69) is 18.2 Å². The minimum atomic E-state index is -1.23. The van der Waals surface area contributed by atoms with Gasteiger partial charge in [-0.05, 0) is 33.3 Å². The molecular formula is C14H21NO2S. The predicted octanol–water partition coefficient (Wildman–Crippen LogP) is 3.50. The van der Waals surface area contributed by atoms with E-state index in [-0.39, 0.29) is 10.2 Å². The second kappa shape index (κ2) is 4.42. The van der Waals surface area contributed by atoms with Crippen LogP contribution in [0.1, 0.15) is 52.4 Å². The molecule has 2 rings (SSSR count). The summed E-state index contributed by atoms with van der Waals surface area (Å²) in [7, 11) is 0. The molecule has 0 saturated heterocycles. The average Bonchev–Trinajstić information content (AvgIpc) is 2.68. The van der Waals surface area contributed by atoms with E-state index in [4.69, 9.17) is 4.42 Å². The molecule has 0 spiro atoms. The lowest BCUT2D eigenvalue weighted by Gasteiger charge is -2.31. The summed E-state index contributed by atoms with van der Waals surface area (Å²) in [6, 6.07) is 1.94. The van der Waals surface area contributed by atoms with E-state index in [0.717, 1.165) is 29.9 Å². The first-order valence-electron chi connectivity index (χ1n) is 6.30. The lowest BCUT2D eigenvalue weighted by Crippen LogP contribution is -2.34. The van der Waals surface area contributed by atoms with E-state index in [1.807, 2.05) is 26.8 Å². The molecule has 1 heterocycles. The molecular weight excluding hydrogens is 246 g/mol. The molecule has 1 atom stereocenters. The minimum absolute atomic E-state index is 0.0439. The van der Waals surface area contributed by atoms with Crippen LogP contribution in [-0.4, -0.2) is 15.0 Å². The Hall–Kier alpha value is -0.740. The number of hydrogen-bond donors (Lipinski definition) is 0. The maximum atomic E-state index is 12.2. The van der Waals surface area contributed by atoms with Gasteiger partial charge in [-0.2, -0.15) is 0 Å². The van der Waals surface area contributed by atoms with E-state index in [9.17, 15) is 4.55 Å². The molecule has 0 aromatic carbocycles. The van der Waals surface area contributed by atoms with Gasteiger partial charge in [0.1, 0.15) is 27.6 Å². The maximum Gasteiger partial charge on any atom is 0.144 e. The van der Waals surface area contributed by atoms with Crippen LogP contribution in [0.2, 0.25) is 0 Å². The summed E-state index contributed by atoms with van der Waals surface area (Å²) < 4.78 is 21.9. The van der Waals surface area contributed by atoms with Crippen LogP contribution in [0.3, 0.4) is 0 Å². The van der Waals surface area contributed by atoms with Gasteiger partial charge in [0.2, 0.25) is 0 Å². The van der Waals surface area contributed by atoms with Crippen molar-refractivity contribution >= 4 is 17.1 Å². The highest BCUT2D eigenvalue weighted by Gasteiger charge is 2.37. The summed E-state index contributed by atoms with van der Waals surface area (Å²) in [4.78, 5) is 0. The van der Waals surface area contributed by atoms with Crippen molar-refractivity contribution < 1.29 is 8.97 Å². The van der Waals surface area contributed by atoms with Crippen molar-refractivity contribution in [1.82, 2.24) is 0 Å². The molecule has 100 valence electrons. The fourth-order valence-electron chi connectivity index (χ4n) is 2.05. The smallest absolute Gasteiger partial charge is 0.144 e. The zero-order valence-corrected chi connectivity index (χ0v) is 12.6. The predicted molar refractivity (Wildman–Crippen MR) is 75.2 cm³/mol. The third-order valence-electron chi connectivity index (χ3n) is 3.32. The third kappa shape index (κ3) is 2.50. The zero-order chi connectivity index (χ0) is 13.6. The average molecular weight is 267 g/mol. The fraction of sp³-hybridized carbons (Fsp3) is 0.643. The van der Waals surface area contributed by atoms with Crippen molar-refractivity contribution in [3.05, 3.63) is 23.7 Å². The second-order valence-corrected chi connectivity index (χ2v) is 8.35. The topological polar surface area (TPSA) is 48.6 Å². The van der Waals surface area contributed by atoms with E-state index < -0.39 is 11.4 Å². The van der Waals surface area contributed by atoms with Crippen LogP contribution >= 0.6 is 0 Å². The van der Waals surface area contributed by atoms with Crippen LogP contribution in [0.5, 0.6) is 0 Å². The molecule has 0 saturated carbocycles. The standard InChI is InChI=1S/C14H21NO2S/c1-13(2,3)18(16)15-12-10-7-9-17-11(10)6-8-14(12,4)5/h7,9H,6,8H2,1-5H3/b15-12+/t18-/m0/s1. The molecule has 1 aliphatic rings. The van der Waals surface area contributed by atoms with E-state index >= 15 is 0 Å². The maximum absolute atomic E-state index is 12.2. The Labute approximate surface area is 112 Å². The summed E-state index contributed by atoms with van der Waals surface area (Å²) in [6.07, 6.45) is 3.60. The van der Waals surface area contributed by atoms with Crippen LogP contribution in [0.25, 0.3) is 0 Å². The molecule has 18 heavy (non-hydrogen) atoms. The number of fused-ring (bicyclic) bond motifs is 1. The Bertz CT molecular complexity index is 468. The molecule has 1 aliphatic carbocycles. The Morgan fingerprint density at radius 1 is 1.39 bits per heavy atom. The van der Waals surface area contributed by atoms with Crippen LogP contribution in [0.4, 0.5) is 0 Å². The van der Waals surface area contributed by atoms with Crippen molar-refractivity contribution in [1.29, 1.82) is 0 Å². The van der Waals surface area contributed by atoms with Gasteiger partial charge in [-0.3, -0.25) is 0 Å². The van der Waals surface area contributed by atoms with Gasteiger partial charge in [-0.1, -0.05) is 18.2 Å².